The molecule has 2 aromatic rings. The number of thiocarbonyl (C=S) groups is 1. The summed E-state index contributed by atoms with van der Waals surface area (Å²) in [5.41, 5.74) is -2.68. The summed E-state index contributed by atoms with van der Waals surface area (Å²) in [6, 6.07) is 7.15. The van der Waals surface area contributed by atoms with Gasteiger partial charge in [0.05, 0.1) is 11.1 Å². The summed E-state index contributed by atoms with van der Waals surface area (Å²) in [4.78, 5) is 11.3. The topological polar surface area (TPSA) is 41.1 Å². The summed E-state index contributed by atoms with van der Waals surface area (Å²) in [6.07, 6.45) is -9.91. The zero-order valence-electron chi connectivity index (χ0n) is 13.6. The van der Waals surface area contributed by atoms with Crippen LogP contribution in [0.3, 0.4) is 0 Å². The maximum Gasteiger partial charge on any atom is 0.416 e. The van der Waals surface area contributed by atoms with Gasteiger partial charge in [-0.3, -0.25) is 4.79 Å². The van der Waals surface area contributed by atoms with Crippen LogP contribution in [0.25, 0.3) is 0 Å². The number of carbonyl (C=O) groups excluding carboxylic acids is 1. The first-order valence-electron chi connectivity index (χ1n) is 7.35. The summed E-state index contributed by atoms with van der Waals surface area (Å²) >= 11 is 4.93. The molecule has 0 amide bonds. The summed E-state index contributed by atoms with van der Waals surface area (Å²) in [5.74, 6) is -0.217. The minimum absolute atomic E-state index is 0.0258. The van der Waals surface area contributed by atoms with Gasteiger partial charge in [0, 0.05) is 16.9 Å². The van der Waals surface area contributed by atoms with Crippen LogP contribution in [-0.2, 0) is 12.4 Å². The van der Waals surface area contributed by atoms with Gasteiger partial charge in [-0.2, -0.15) is 26.3 Å². The Balaban J connectivity index is 2.26. The Kier molecular flexibility index (Phi) is 5.79. The number of hydrogen-bond acceptors (Lipinski definition) is 2. The Hall–Kier alpha value is -2.62. The molecule has 0 aromatic heterocycles. The van der Waals surface area contributed by atoms with Gasteiger partial charge in [-0.15, -0.1) is 0 Å². The number of Topliss-reactive ketones (excluding diaryl/α,β-unsaturated/α-hetero) is 1. The molecule has 0 radical (unpaired) electrons. The zero-order chi connectivity index (χ0) is 20.4. The predicted molar refractivity (Wildman–Crippen MR) is 92.7 cm³/mol. The van der Waals surface area contributed by atoms with Crippen molar-refractivity contribution in [2.45, 2.75) is 19.3 Å². The quantitative estimate of drug-likeness (QED) is 0.388. The van der Waals surface area contributed by atoms with Crippen LogP contribution in [0.5, 0.6) is 0 Å². The third kappa shape index (κ3) is 5.68. The average molecular weight is 406 g/mol. The highest BCUT2D eigenvalue weighted by Crippen LogP contribution is 2.37. The molecule has 0 saturated carbocycles. The van der Waals surface area contributed by atoms with Gasteiger partial charge in [0.15, 0.2) is 10.9 Å². The van der Waals surface area contributed by atoms with E-state index < -0.39 is 29.2 Å². The first-order chi connectivity index (χ1) is 12.4. The first kappa shape index (κ1) is 20.7. The van der Waals surface area contributed by atoms with Crippen LogP contribution in [0.2, 0.25) is 0 Å². The lowest BCUT2D eigenvalue weighted by Gasteiger charge is -2.16. The number of nitrogens with one attached hydrogen (secondary N) is 2. The summed E-state index contributed by atoms with van der Waals surface area (Å²) in [6.45, 7) is 1.34. The number of carbonyl (C=O) groups is 1. The second-order valence-corrected chi connectivity index (χ2v) is 5.92. The van der Waals surface area contributed by atoms with Crippen LogP contribution >= 0.6 is 12.2 Å². The predicted octanol–water partition coefficient (Wildman–Crippen LogP) is 5.74. The largest absolute Gasteiger partial charge is 0.416 e. The lowest BCUT2D eigenvalue weighted by molar-refractivity contribution is -0.143. The molecule has 0 unspecified atom stereocenters. The molecular weight excluding hydrogens is 394 g/mol. The zero-order valence-corrected chi connectivity index (χ0v) is 14.4. The summed E-state index contributed by atoms with van der Waals surface area (Å²) in [7, 11) is 0. The average Bonchev–Trinajstić information content (AvgIpc) is 2.53. The second kappa shape index (κ2) is 7.55. The third-order valence-electron chi connectivity index (χ3n) is 3.37. The summed E-state index contributed by atoms with van der Waals surface area (Å²) < 4.78 is 77.2. The van der Waals surface area contributed by atoms with E-state index in [2.05, 4.69) is 10.6 Å². The van der Waals surface area contributed by atoms with Crippen molar-refractivity contribution in [3.8, 4) is 0 Å². The van der Waals surface area contributed by atoms with Crippen molar-refractivity contribution in [2.75, 3.05) is 10.6 Å². The molecule has 2 rings (SSSR count). The smallest absolute Gasteiger partial charge is 0.332 e. The van der Waals surface area contributed by atoms with Crippen molar-refractivity contribution in [3.63, 3.8) is 0 Å². The molecule has 2 aromatic carbocycles. The molecular formula is C17H12F6N2OS. The van der Waals surface area contributed by atoms with E-state index in [9.17, 15) is 31.1 Å². The molecule has 0 aliphatic heterocycles. The highest BCUT2D eigenvalue weighted by Gasteiger charge is 2.37. The molecule has 0 fully saturated rings. The van der Waals surface area contributed by atoms with Crippen molar-refractivity contribution in [1.29, 1.82) is 0 Å². The van der Waals surface area contributed by atoms with E-state index in [0.29, 0.717) is 23.4 Å². The number of benzene rings is 2. The molecule has 0 heterocycles. The molecule has 27 heavy (non-hydrogen) atoms. The van der Waals surface area contributed by atoms with E-state index in [1.807, 2.05) is 0 Å². The number of halogens is 6. The minimum Gasteiger partial charge on any atom is -0.332 e. The van der Waals surface area contributed by atoms with Crippen molar-refractivity contribution in [2.24, 2.45) is 0 Å². The molecule has 144 valence electrons. The van der Waals surface area contributed by atoms with Gasteiger partial charge in [0.25, 0.3) is 0 Å². The van der Waals surface area contributed by atoms with Gasteiger partial charge < -0.3 is 10.6 Å². The first-order valence-corrected chi connectivity index (χ1v) is 7.75. The second-order valence-electron chi connectivity index (χ2n) is 5.51. The fourth-order valence-corrected chi connectivity index (χ4v) is 2.37. The number of rotatable bonds is 3. The van der Waals surface area contributed by atoms with Crippen molar-refractivity contribution in [1.82, 2.24) is 0 Å². The van der Waals surface area contributed by atoms with Gasteiger partial charge in [0.1, 0.15) is 0 Å². The number of alkyl halides is 6. The minimum atomic E-state index is -4.96. The van der Waals surface area contributed by atoms with E-state index in [-0.39, 0.29) is 17.0 Å². The Morgan fingerprint density at radius 1 is 0.852 bits per heavy atom. The van der Waals surface area contributed by atoms with Crippen LogP contribution in [0.4, 0.5) is 37.7 Å². The monoisotopic (exact) mass is 406 g/mol. The van der Waals surface area contributed by atoms with E-state index in [1.165, 1.54) is 19.1 Å². The summed E-state index contributed by atoms with van der Waals surface area (Å²) in [5, 5.41) is 4.67. The van der Waals surface area contributed by atoms with E-state index in [4.69, 9.17) is 12.2 Å². The highest BCUT2D eigenvalue weighted by molar-refractivity contribution is 7.80. The molecule has 3 nitrogen and oxygen atoms in total. The van der Waals surface area contributed by atoms with Crippen LogP contribution in [0.15, 0.2) is 42.5 Å². The Morgan fingerprint density at radius 2 is 1.37 bits per heavy atom. The van der Waals surface area contributed by atoms with Crippen molar-refractivity contribution >= 4 is 34.5 Å². The molecule has 0 bridgehead atoms. The molecule has 0 aliphatic carbocycles. The van der Waals surface area contributed by atoms with Gasteiger partial charge >= 0.3 is 12.4 Å². The third-order valence-corrected chi connectivity index (χ3v) is 3.58. The normalized spacial score (nSPS) is 11.8. The fourth-order valence-electron chi connectivity index (χ4n) is 2.14. The van der Waals surface area contributed by atoms with Gasteiger partial charge in [0.2, 0.25) is 0 Å². The standard InChI is InChI=1S/C17H12F6N2OS/c1-9(26)10-3-2-4-13(5-10)24-15(27)25-14-7-11(16(18,19)20)6-12(8-14)17(21,22)23/h2-8H,1H3,(H2,24,25,27). The number of anilines is 2. The molecule has 10 heteroatoms. The Bertz CT molecular complexity index is 844. The van der Waals surface area contributed by atoms with Crippen LogP contribution in [-0.4, -0.2) is 10.9 Å². The SMILES string of the molecule is CC(=O)c1cccc(NC(=S)Nc2cc(C(F)(F)F)cc(C(F)(F)F)c2)c1. The Morgan fingerprint density at radius 3 is 1.85 bits per heavy atom. The number of hydrogen-bond donors (Lipinski definition) is 2. The van der Waals surface area contributed by atoms with Crippen molar-refractivity contribution in [3.05, 3.63) is 59.2 Å². The fraction of sp³-hybridized carbons (Fsp3) is 0.176. The molecule has 2 N–H and O–H groups in total. The number of ketones is 1. The van der Waals surface area contributed by atoms with Crippen molar-refractivity contribution < 1.29 is 31.1 Å². The van der Waals surface area contributed by atoms with E-state index >= 15 is 0 Å². The van der Waals surface area contributed by atoms with E-state index in [1.54, 1.807) is 12.1 Å². The van der Waals surface area contributed by atoms with Crippen LogP contribution in [0.1, 0.15) is 28.4 Å². The van der Waals surface area contributed by atoms with Crippen LogP contribution in [0, 0.1) is 0 Å². The molecule has 0 saturated heterocycles. The maximum absolute atomic E-state index is 12.9. The van der Waals surface area contributed by atoms with E-state index in [0.717, 1.165) is 0 Å². The Labute approximate surface area is 155 Å². The van der Waals surface area contributed by atoms with Crippen LogP contribution < -0.4 is 10.6 Å². The van der Waals surface area contributed by atoms with Gasteiger partial charge in [-0.05, 0) is 49.5 Å². The van der Waals surface area contributed by atoms with Gasteiger partial charge in [-0.1, -0.05) is 12.1 Å². The maximum atomic E-state index is 12.9. The lowest BCUT2D eigenvalue weighted by atomic mass is 10.1. The highest BCUT2D eigenvalue weighted by atomic mass is 32.1. The lowest BCUT2D eigenvalue weighted by Crippen LogP contribution is -2.20. The van der Waals surface area contributed by atoms with Gasteiger partial charge in [-0.25, -0.2) is 0 Å². The molecule has 0 aliphatic rings. The molecule has 0 atom stereocenters. The molecule has 0 spiro atoms.